The van der Waals surface area contributed by atoms with E-state index in [1.807, 2.05) is 6.92 Å². The minimum absolute atomic E-state index is 0.279. The first-order chi connectivity index (χ1) is 10.1. The molecule has 5 heteroatoms. The molecule has 0 aliphatic carbocycles. The molecule has 0 saturated carbocycles. The Morgan fingerprint density at radius 3 is 2.52 bits per heavy atom. The van der Waals surface area contributed by atoms with Crippen molar-refractivity contribution in [2.75, 3.05) is 11.9 Å². The van der Waals surface area contributed by atoms with Gasteiger partial charge in [0.2, 0.25) is 5.91 Å². The minimum atomic E-state index is -0.538. The molecule has 0 fully saturated rings. The van der Waals surface area contributed by atoms with Gasteiger partial charge in [0, 0.05) is 16.8 Å². The second kappa shape index (κ2) is 6.56. The van der Waals surface area contributed by atoms with E-state index < -0.39 is 5.91 Å². The predicted octanol–water partition coefficient (Wildman–Crippen LogP) is 2.44. The maximum absolute atomic E-state index is 12.2. The molecule has 0 aliphatic heterocycles. The summed E-state index contributed by atoms with van der Waals surface area (Å²) in [6.07, 6.45) is 0. The summed E-state index contributed by atoms with van der Waals surface area (Å²) in [7, 11) is 0. The average Bonchev–Trinajstić information content (AvgIpc) is 2.48. The van der Waals surface area contributed by atoms with Crippen LogP contribution in [-0.4, -0.2) is 18.4 Å². The van der Waals surface area contributed by atoms with Crippen molar-refractivity contribution in [3.63, 3.8) is 0 Å². The predicted molar refractivity (Wildman–Crippen MR) is 80.5 cm³/mol. The van der Waals surface area contributed by atoms with Gasteiger partial charge in [-0.3, -0.25) is 9.59 Å². The lowest BCUT2D eigenvalue weighted by atomic mass is 10.1. The maximum Gasteiger partial charge on any atom is 0.255 e. The summed E-state index contributed by atoms with van der Waals surface area (Å²) in [6.45, 7) is 2.41. The summed E-state index contributed by atoms with van der Waals surface area (Å²) in [5.41, 5.74) is 6.54. The van der Waals surface area contributed by atoms with Crippen LogP contribution in [0.4, 0.5) is 5.69 Å². The van der Waals surface area contributed by atoms with Crippen molar-refractivity contribution in [1.82, 2.24) is 0 Å². The molecule has 2 amide bonds. The first-order valence-electron chi connectivity index (χ1n) is 6.54. The fourth-order valence-electron chi connectivity index (χ4n) is 1.85. The Balaban J connectivity index is 2.16. The van der Waals surface area contributed by atoms with Gasteiger partial charge in [0.1, 0.15) is 5.75 Å². The van der Waals surface area contributed by atoms with Gasteiger partial charge in [-0.05, 0) is 43.3 Å². The van der Waals surface area contributed by atoms with Gasteiger partial charge >= 0.3 is 0 Å². The number of hydrogen-bond donors (Lipinski definition) is 2. The molecular formula is C16H16N2O3. The van der Waals surface area contributed by atoms with Gasteiger partial charge in [-0.15, -0.1) is 0 Å². The lowest BCUT2D eigenvalue weighted by Gasteiger charge is -2.08. The van der Waals surface area contributed by atoms with Crippen LogP contribution in [0, 0.1) is 0 Å². The normalized spacial score (nSPS) is 9.95. The van der Waals surface area contributed by atoms with E-state index in [9.17, 15) is 9.59 Å². The number of nitrogens with two attached hydrogens (primary N) is 1. The molecule has 0 unspecified atom stereocenters. The number of hydrogen-bond acceptors (Lipinski definition) is 3. The summed E-state index contributed by atoms with van der Waals surface area (Å²) in [4.78, 5) is 23.3. The molecular weight excluding hydrogens is 268 g/mol. The average molecular weight is 284 g/mol. The van der Waals surface area contributed by atoms with Crippen LogP contribution in [0.2, 0.25) is 0 Å². The van der Waals surface area contributed by atoms with E-state index in [1.54, 1.807) is 42.5 Å². The van der Waals surface area contributed by atoms with Crippen LogP contribution in [0.1, 0.15) is 27.6 Å². The topological polar surface area (TPSA) is 81.4 Å². The Kier molecular flexibility index (Phi) is 4.56. The molecule has 0 bridgehead atoms. The third-order valence-corrected chi connectivity index (χ3v) is 2.81. The quantitative estimate of drug-likeness (QED) is 0.884. The smallest absolute Gasteiger partial charge is 0.255 e. The van der Waals surface area contributed by atoms with Gasteiger partial charge in [-0.2, -0.15) is 0 Å². The third kappa shape index (κ3) is 3.82. The highest BCUT2D eigenvalue weighted by atomic mass is 16.5. The maximum atomic E-state index is 12.2. The van der Waals surface area contributed by atoms with Gasteiger partial charge in [0.25, 0.3) is 5.91 Å². The molecule has 3 N–H and O–H groups in total. The molecule has 0 radical (unpaired) electrons. The van der Waals surface area contributed by atoms with Crippen molar-refractivity contribution < 1.29 is 14.3 Å². The first-order valence-corrected chi connectivity index (χ1v) is 6.54. The monoisotopic (exact) mass is 284 g/mol. The van der Waals surface area contributed by atoms with Crippen molar-refractivity contribution in [2.45, 2.75) is 6.92 Å². The largest absolute Gasteiger partial charge is 0.494 e. The molecule has 2 aromatic rings. The van der Waals surface area contributed by atoms with Gasteiger partial charge in [0.15, 0.2) is 0 Å². The van der Waals surface area contributed by atoms with Crippen LogP contribution < -0.4 is 15.8 Å². The van der Waals surface area contributed by atoms with E-state index in [0.717, 1.165) is 0 Å². The lowest BCUT2D eigenvalue weighted by Crippen LogP contribution is -2.14. The van der Waals surface area contributed by atoms with E-state index in [1.165, 1.54) is 6.07 Å². The fraction of sp³-hybridized carbons (Fsp3) is 0.125. The van der Waals surface area contributed by atoms with E-state index in [-0.39, 0.29) is 5.91 Å². The van der Waals surface area contributed by atoms with Crippen LogP contribution in [-0.2, 0) is 0 Å². The molecule has 0 aromatic heterocycles. The van der Waals surface area contributed by atoms with Crippen LogP contribution >= 0.6 is 0 Å². The van der Waals surface area contributed by atoms with Crippen LogP contribution in [0.3, 0.4) is 0 Å². The molecule has 0 spiro atoms. The van der Waals surface area contributed by atoms with Crippen molar-refractivity contribution in [1.29, 1.82) is 0 Å². The van der Waals surface area contributed by atoms with Crippen LogP contribution in [0.25, 0.3) is 0 Å². The molecule has 0 aliphatic rings. The summed E-state index contributed by atoms with van der Waals surface area (Å²) in [5.74, 6) is -0.182. The van der Waals surface area contributed by atoms with Gasteiger partial charge < -0.3 is 15.8 Å². The number of primary amides is 1. The van der Waals surface area contributed by atoms with Crippen molar-refractivity contribution >= 4 is 17.5 Å². The number of carbonyl (C=O) groups excluding carboxylic acids is 2. The number of rotatable bonds is 5. The number of carbonyl (C=O) groups is 2. The summed E-state index contributed by atoms with van der Waals surface area (Å²) < 4.78 is 5.36. The highest BCUT2D eigenvalue weighted by molar-refractivity contribution is 6.05. The number of benzene rings is 2. The molecule has 0 atom stereocenters. The van der Waals surface area contributed by atoms with Gasteiger partial charge in [0.05, 0.1) is 6.61 Å². The second-order valence-electron chi connectivity index (χ2n) is 4.36. The highest BCUT2D eigenvalue weighted by Crippen LogP contribution is 2.16. The number of ether oxygens (including phenoxy) is 1. The Bertz CT molecular complexity index is 668. The molecule has 21 heavy (non-hydrogen) atoms. The molecule has 0 heterocycles. The number of amides is 2. The number of anilines is 1. The summed E-state index contributed by atoms with van der Waals surface area (Å²) >= 11 is 0. The second-order valence-corrected chi connectivity index (χ2v) is 4.36. The molecule has 2 rings (SSSR count). The Labute approximate surface area is 122 Å². The van der Waals surface area contributed by atoms with Crippen molar-refractivity contribution in [3.05, 3.63) is 59.7 Å². The Morgan fingerprint density at radius 1 is 1.10 bits per heavy atom. The summed E-state index contributed by atoms with van der Waals surface area (Å²) in [5, 5.41) is 2.72. The number of nitrogens with one attached hydrogen (secondary N) is 1. The Morgan fingerprint density at radius 2 is 1.81 bits per heavy atom. The third-order valence-electron chi connectivity index (χ3n) is 2.81. The van der Waals surface area contributed by atoms with Crippen LogP contribution in [0.15, 0.2) is 48.5 Å². The minimum Gasteiger partial charge on any atom is -0.494 e. The zero-order valence-electron chi connectivity index (χ0n) is 11.6. The van der Waals surface area contributed by atoms with E-state index in [2.05, 4.69) is 5.32 Å². The first kappa shape index (κ1) is 14.6. The SMILES string of the molecule is CCOc1cccc(C(=O)Nc2cccc(C(N)=O)c2)c1. The van der Waals surface area contributed by atoms with Crippen LogP contribution in [0.5, 0.6) is 5.75 Å². The molecule has 5 nitrogen and oxygen atoms in total. The van der Waals surface area contributed by atoms with E-state index in [4.69, 9.17) is 10.5 Å². The standard InChI is InChI=1S/C16H16N2O3/c1-2-21-14-8-4-6-12(10-14)16(20)18-13-7-3-5-11(9-13)15(17)19/h3-10H,2H2,1H3,(H2,17,19)(H,18,20). The molecule has 2 aromatic carbocycles. The highest BCUT2D eigenvalue weighted by Gasteiger charge is 2.08. The zero-order valence-corrected chi connectivity index (χ0v) is 11.6. The van der Waals surface area contributed by atoms with Crippen molar-refractivity contribution in [2.24, 2.45) is 5.73 Å². The van der Waals surface area contributed by atoms with Crippen molar-refractivity contribution in [3.8, 4) is 5.75 Å². The zero-order chi connectivity index (χ0) is 15.2. The molecule has 0 saturated heterocycles. The fourth-order valence-corrected chi connectivity index (χ4v) is 1.85. The lowest BCUT2D eigenvalue weighted by molar-refractivity contribution is 0.0996. The Hall–Kier alpha value is -2.82. The van der Waals surface area contributed by atoms with E-state index in [0.29, 0.717) is 29.2 Å². The summed E-state index contributed by atoms with van der Waals surface area (Å²) in [6, 6.07) is 13.4. The molecule has 108 valence electrons. The van der Waals surface area contributed by atoms with E-state index >= 15 is 0 Å². The van der Waals surface area contributed by atoms with Gasteiger partial charge in [-0.1, -0.05) is 12.1 Å². The van der Waals surface area contributed by atoms with Gasteiger partial charge in [-0.25, -0.2) is 0 Å².